The summed E-state index contributed by atoms with van der Waals surface area (Å²) in [5, 5.41) is 4.32. The quantitative estimate of drug-likeness (QED) is 0.423. The summed E-state index contributed by atoms with van der Waals surface area (Å²) in [7, 11) is -0.445. The van der Waals surface area contributed by atoms with Crippen LogP contribution in [-0.2, 0) is 24.9 Å². The molecule has 1 aliphatic heterocycles. The van der Waals surface area contributed by atoms with Crippen molar-refractivity contribution in [2.75, 3.05) is 24.7 Å². The summed E-state index contributed by atoms with van der Waals surface area (Å²) >= 11 is 0. The fraction of sp³-hybridized carbons (Fsp3) is 0.719. The molecule has 9 heteroatoms. The van der Waals surface area contributed by atoms with Crippen LogP contribution in [0.3, 0.4) is 0 Å². The molecule has 220 valence electrons. The number of anilines is 1. The van der Waals surface area contributed by atoms with E-state index in [1.165, 1.54) is 0 Å². The summed E-state index contributed by atoms with van der Waals surface area (Å²) in [6.45, 7) is 12.5. The van der Waals surface area contributed by atoms with Gasteiger partial charge >= 0.3 is 7.12 Å². The van der Waals surface area contributed by atoms with Gasteiger partial charge in [-0.2, -0.15) is 4.98 Å². The lowest BCUT2D eigenvalue weighted by Crippen LogP contribution is -2.71. The van der Waals surface area contributed by atoms with Crippen LogP contribution in [0.4, 0.5) is 10.1 Å². The molecule has 2 heterocycles. The third-order valence-electron chi connectivity index (χ3n) is 10.8. The van der Waals surface area contributed by atoms with Crippen LogP contribution < -0.4 is 10.4 Å². The second-order valence-electron chi connectivity index (χ2n) is 16.0. The van der Waals surface area contributed by atoms with Crippen molar-refractivity contribution in [2.24, 2.45) is 16.2 Å². The molecule has 1 amide bonds. The van der Waals surface area contributed by atoms with Crippen LogP contribution in [0.1, 0.15) is 104 Å². The van der Waals surface area contributed by atoms with Crippen molar-refractivity contribution in [1.29, 1.82) is 0 Å². The second-order valence-corrected chi connectivity index (χ2v) is 16.0. The number of nitrogens with zero attached hydrogens (tertiary/aromatic N) is 3. The molecule has 7 aliphatic rings. The number of halogens is 1. The highest BCUT2D eigenvalue weighted by atomic mass is 19.1. The molecule has 1 aromatic heterocycles. The number of hydrogen-bond donors (Lipinski definition) is 0. The molecule has 2 aromatic rings. The summed E-state index contributed by atoms with van der Waals surface area (Å²) in [5.74, 6) is 1.64. The van der Waals surface area contributed by atoms with Crippen molar-refractivity contribution in [3.63, 3.8) is 0 Å². The molecule has 6 saturated carbocycles. The van der Waals surface area contributed by atoms with Crippen LogP contribution in [-0.4, -0.2) is 48.6 Å². The van der Waals surface area contributed by atoms with Crippen LogP contribution in [0.15, 0.2) is 28.8 Å². The van der Waals surface area contributed by atoms with Gasteiger partial charge in [0.2, 0.25) is 11.8 Å². The van der Waals surface area contributed by atoms with Crippen LogP contribution in [0, 0.1) is 16.2 Å². The Kier molecular flexibility index (Phi) is 5.97. The monoisotopic (exact) mass is 563 g/mol. The molecule has 0 spiro atoms. The van der Waals surface area contributed by atoms with E-state index in [2.05, 4.69) is 45.8 Å². The highest BCUT2D eigenvalue weighted by Crippen LogP contribution is 2.70. The highest BCUT2D eigenvalue weighted by Gasteiger charge is 2.73. The van der Waals surface area contributed by atoms with Gasteiger partial charge in [-0.05, 0) is 80.8 Å². The van der Waals surface area contributed by atoms with Crippen LogP contribution in [0.2, 0.25) is 0 Å². The fourth-order valence-corrected chi connectivity index (χ4v) is 8.08. The molecule has 41 heavy (non-hydrogen) atoms. The number of benzene rings is 1. The Morgan fingerprint density at radius 2 is 1.66 bits per heavy atom. The summed E-state index contributed by atoms with van der Waals surface area (Å²) in [6, 6.07) is 8.07. The van der Waals surface area contributed by atoms with Crippen molar-refractivity contribution in [3.05, 3.63) is 36.0 Å². The smallest absolute Gasteiger partial charge is 0.407 e. The van der Waals surface area contributed by atoms with E-state index in [4.69, 9.17) is 18.8 Å². The number of carbonyl (C=O) groups is 1. The lowest BCUT2D eigenvalue weighted by Gasteiger charge is -2.65. The van der Waals surface area contributed by atoms with E-state index in [9.17, 15) is 9.18 Å². The Hall–Kier alpha value is -2.26. The summed E-state index contributed by atoms with van der Waals surface area (Å²) in [6.07, 6.45) is 7.07. The van der Waals surface area contributed by atoms with E-state index < -0.39 is 18.2 Å². The van der Waals surface area contributed by atoms with Crippen molar-refractivity contribution >= 4 is 24.2 Å². The van der Waals surface area contributed by atoms with Gasteiger partial charge < -0.3 is 18.7 Å². The minimum absolute atomic E-state index is 0.0194. The van der Waals surface area contributed by atoms with E-state index in [0.29, 0.717) is 39.0 Å². The minimum Gasteiger partial charge on any atom is -0.407 e. The summed E-state index contributed by atoms with van der Waals surface area (Å²) in [5.41, 5.74) is -0.0775. The average Bonchev–Trinajstić information content (AvgIpc) is 3.43. The van der Waals surface area contributed by atoms with Gasteiger partial charge in [0, 0.05) is 41.7 Å². The predicted molar refractivity (Wildman–Crippen MR) is 155 cm³/mol. The molecular formula is C32H43BFN3O4. The Labute approximate surface area is 243 Å². The summed E-state index contributed by atoms with van der Waals surface area (Å²) in [4.78, 5) is 21.0. The standard InChI is InChI=1S/C32H43BFN3O4/c1-27(2,3)24-35-25(41-36-24)30-12-9-29(10-13-30,11-14-30)19-37(26(38)31-16-32(34,17-31)18-31)23-8-6-7-22(15-23)33-39-20-28(4,5)21-40-33/h6-8,15H,9-14,16-21H2,1-5H3. The van der Waals surface area contributed by atoms with E-state index in [1.54, 1.807) is 0 Å². The number of carbonyl (C=O) groups excluding carboxylic acids is 1. The summed E-state index contributed by atoms with van der Waals surface area (Å²) < 4.78 is 32.6. The number of amides is 1. The first-order valence-corrected chi connectivity index (χ1v) is 15.4. The van der Waals surface area contributed by atoms with E-state index in [1.807, 2.05) is 23.1 Å². The molecule has 4 bridgehead atoms. The number of aromatic nitrogens is 2. The molecule has 1 aromatic carbocycles. The average molecular weight is 564 g/mol. The molecular weight excluding hydrogens is 520 g/mol. The fourth-order valence-electron chi connectivity index (χ4n) is 8.08. The SMILES string of the molecule is CC1(C)COB(c2cccc(N(CC34CCC(c5nc(C(C)(C)C)no5)(CC3)CC4)C(=O)C34CC(F)(C3)C4)c2)OC1. The van der Waals surface area contributed by atoms with Crippen molar-refractivity contribution in [3.8, 4) is 0 Å². The van der Waals surface area contributed by atoms with Crippen molar-refractivity contribution < 1.29 is 23.0 Å². The third-order valence-corrected chi connectivity index (χ3v) is 10.8. The lowest BCUT2D eigenvalue weighted by atomic mass is 9.41. The maximum Gasteiger partial charge on any atom is 0.493 e. The maximum atomic E-state index is 14.6. The first-order valence-electron chi connectivity index (χ1n) is 15.4. The van der Waals surface area contributed by atoms with Gasteiger partial charge in [0.15, 0.2) is 5.82 Å². The van der Waals surface area contributed by atoms with Gasteiger partial charge in [-0.3, -0.25) is 4.79 Å². The van der Waals surface area contributed by atoms with Gasteiger partial charge in [-0.25, -0.2) is 4.39 Å². The number of rotatable bonds is 6. The van der Waals surface area contributed by atoms with Crippen LogP contribution in [0.5, 0.6) is 0 Å². The van der Waals surface area contributed by atoms with Crippen LogP contribution in [0.25, 0.3) is 0 Å². The highest BCUT2D eigenvalue weighted by molar-refractivity contribution is 6.61. The molecule has 9 rings (SSSR count). The lowest BCUT2D eigenvalue weighted by molar-refractivity contribution is -0.211. The Balaban J connectivity index is 1.13. The molecule has 0 atom stereocenters. The number of fused-ring (bicyclic) bond motifs is 3. The topological polar surface area (TPSA) is 77.7 Å². The van der Waals surface area contributed by atoms with Gasteiger partial charge in [0.1, 0.15) is 5.67 Å². The normalized spacial score (nSPS) is 35.5. The van der Waals surface area contributed by atoms with Crippen LogP contribution >= 0.6 is 0 Å². The maximum absolute atomic E-state index is 14.6. The zero-order valence-electron chi connectivity index (χ0n) is 25.2. The zero-order valence-corrected chi connectivity index (χ0v) is 25.2. The molecule has 7 nitrogen and oxygen atoms in total. The Morgan fingerprint density at radius 1 is 1.02 bits per heavy atom. The zero-order chi connectivity index (χ0) is 28.9. The molecule has 0 radical (unpaired) electrons. The predicted octanol–water partition coefficient (Wildman–Crippen LogP) is 5.65. The van der Waals surface area contributed by atoms with Crippen molar-refractivity contribution in [1.82, 2.24) is 10.1 Å². The largest absolute Gasteiger partial charge is 0.493 e. The van der Waals surface area contributed by atoms with E-state index in [0.717, 1.165) is 61.4 Å². The van der Waals surface area contributed by atoms with E-state index >= 15 is 0 Å². The van der Waals surface area contributed by atoms with E-state index in [-0.39, 0.29) is 27.6 Å². The molecule has 7 fully saturated rings. The number of alkyl halides is 1. The number of hydrogen-bond acceptors (Lipinski definition) is 6. The molecule has 6 aliphatic carbocycles. The molecule has 0 unspecified atom stereocenters. The first kappa shape index (κ1) is 27.6. The van der Waals surface area contributed by atoms with Gasteiger partial charge in [-0.1, -0.05) is 51.9 Å². The Morgan fingerprint density at radius 3 is 2.22 bits per heavy atom. The molecule has 1 saturated heterocycles. The van der Waals surface area contributed by atoms with Gasteiger partial charge in [-0.15, -0.1) is 0 Å². The van der Waals surface area contributed by atoms with Crippen molar-refractivity contribution in [2.45, 2.75) is 109 Å². The van der Waals surface area contributed by atoms with Gasteiger partial charge in [0.25, 0.3) is 0 Å². The second kappa shape index (κ2) is 8.88. The minimum atomic E-state index is -1.12. The van der Waals surface area contributed by atoms with Gasteiger partial charge in [0.05, 0.1) is 5.41 Å². The first-order chi connectivity index (χ1) is 19.2. The Bertz CT molecular complexity index is 1310. The third kappa shape index (κ3) is 4.57. The molecule has 0 N–H and O–H groups in total.